The first-order valence-corrected chi connectivity index (χ1v) is 6.38. The van der Waals surface area contributed by atoms with Crippen LogP contribution in [-0.2, 0) is 0 Å². The zero-order valence-corrected chi connectivity index (χ0v) is 11.2. The lowest BCUT2D eigenvalue weighted by molar-refractivity contribution is -0.0328. The van der Waals surface area contributed by atoms with E-state index in [4.69, 9.17) is 11.1 Å². The molecule has 0 spiro atoms. The maximum absolute atomic E-state index is 12.2. The molecule has 1 heterocycles. The topological polar surface area (TPSA) is 84.8 Å². The van der Waals surface area contributed by atoms with Crippen molar-refractivity contribution in [1.82, 2.24) is 9.55 Å². The van der Waals surface area contributed by atoms with Crippen molar-refractivity contribution in [3.05, 3.63) is 52.6 Å². The van der Waals surface area contributed by atoms with Crippen molar-refractivity contribution in [2.45, 2.75) is 10.4 Å². The molecule has 0 atom stereocenters. The number of aromatic nitrogens is 2. The number of anilines is 1. The molecule has 0 radical (unpaired) electrons. The molecular formula is C12H9F3N4OS. The van der Waals surface area contributed by atoms with Gasteiger partial charge < -0.3 is 5.73 Å². The highest BCUT2D eigenvalue weighted by Crippen LogP contribution is 2.36. The minimum atomic E-state index is -4.38. The molecule has 9 heteroatoms. The van der Waals surface area contributed by atoms with Gasteiger partial charge in [0.1, 0.15) is 11.7 Å². The molecule has 0 aliphatic carbocycles. The molecule has 1 aromatic heterocycles. The summed E-state index contributed by atoms with van der Waals surface area (Å²) in [5.74, 6) is -0.233. The number of hydrogen-bond acceptors (Lipinski definition) is 5. The normalized spacial score (nSPS) is 11.4. The predicted octanol–water partition coefficient (Wildman–Crippen LogP) is 2.31. The summed E-state index contributed by atoms with van der Waals surface area (Å²) in [7, 11) is 0. The van der Waals surface area contributed by atoms with E-state index in [9.17, 15) is 18.0 Å². The van der Waals surface area contributed by atoms with Gasteiger partial charge in [0.05, 0.1) is 0 Å². The van der Waals surface area contributed by atoms with Crippen LogP contribution >= 0.6 is 11.8 Å². The van der Waals surface area contributed by atoms with E-state index in [1.165, 1.54) is 36.5 Å². The Labute approximate surface area is 121 Å². The lowest BCUT2D eigenvalue weighted by Crippen LogP contribution is -2.31. The SMILES string of the molecule is N=C(c1ccc(SC(F)(F)F)cc1)n1c(N)ccnc1=O. The van der Waals surface area contributed by atoms with Gasteiger partial charge in [0.2, 0.25) is 0 Å². The van der Waals surface area contributed by atoms with E-state index < -0.39 is 11.2 Å². The number of nitrogens with one attached hydrogen (secondary N) is 1. The van der Waals surface area contributed by atoms with Gasteiger partial charge >= 0.3 is 11.2 Å². The fraction of sp³-hybridized carbons (Fsp3) is 0.0833. The van der Waals surface area contributed by atoms with Crippen LogP contribution in [-0.4, -0.2) is 20.9 Å². The maximum Gasteiger partial charge on any atom is 0.446 e. The number of rotatable bonds is 2. The summed E-state index contributed by atoms with van der Waals surface area (Å²) in [6.45, 7) is 0. The van der Waals surface area contributed by atoms with Crippen molar-refractivity contribution >= 4 is 23.4 Å². The molecule has 0 bridgehead atoms. The quantitative estimate of drug-likeness (QED) is 0.506. The Morgan fingerprint density at radius 1 is 1.24 bits per heavy atom. The summed E-state index contributed by atoms with van der Waals surface area (Å²) in [5.41, 5.74) is 0.752. The second-order valence-corrected chi connectivity index (χ2v) is 5.05. The molecule has 0 fully saturated rings. The standard InChI is InChI=1S/C12H9F3N4OS/c13-12(14,15)21-8-3-1-7(2-4-8)10(17)19-9(16)5-6-18-11(19)20/h1-6,17H,16H2. The Morgan fingerprint density at radius 2 is 1.86 bits per heavy atom. The summed E-state index contributed by atoms with van der Waals surface area (Å²) in [6.07, 6.45) is 1.21. The van der Waals surface area contributed by atoms with Gasteiger partial charge in [-0.25, -0.2) is 14.3 Å². The van der Waals surface area contributed by atoms with Gasteiger partial charge in [0.25, 0.3) is 0 Å². The number of alkyl halides is 3. The van der Waals surface area contributed by atoms with Crippen molar-refractivity contribution in [3.8, 4) is 0 Å². The van der Waals surface area contributed by atoms with Crippen LogP contribution in [0, 0.1) is 5.41 Å². The van der Waals surface area contributed by atoms with Crippen LogP contribution in [0.4, 0.5) is 19.0 Å². The summed E-state index contributed by atoms with van der Waals surface area (Å²) < 4.78 is 37.5. The van der Waals surface area contributed by atoms with Crippen LogP contribution in [0.1, 0.15) is 5.56 Å². The molecule has 0 saturated heterocycles. The van der Waals surface area contributed by atoms with Gasteiger partial charge in [0.15, 0.2) is 0 Å². The Morgan fingerprint density at radius 3 is 2.38 bits per heavy atom. The summed E-state index contributed by atoms with van der Waals surface area (Å²) in [5, 5.41) is 7.92. The van der Waals surface area contributed by atoms with Gasteiger partial charge in [-0.1, -0.05) is 12.1 Å². The number of thioether (sulfide) groups is 1. The molecule has 0 aliphatic rings. The molecule has 2 aromatic rings. The predicted molar refractivity (Wildman–Crippen MR) is 73.5 cm³/mol. The van der Waals surface area contributed by atoms with E-state index in [2.05, 4.69) is 4.98 Å². The van der Waals surface area contributed by atoms with Crippen molar-refractivity contribution in [1.29, 1.82) is 5.41 Å². The van der Waals surface area contributed by atoms with Crippen molar-refractivity contribution in [3.63, 3.8) is 0 Å². The third kappa shape index (κ3) is 3.63. The molecule has 21 heavy (non-hydrogen) atoms. The average Bonchev–Trinajstić information content (AvgIpc) is 2.37. The van der Waals surface area contributed by atoms with Crippen LogP contribution in [0.2, 0.25) is 0 Å². The molecule has 1 aromatic carbocycles. The van der Waals surface area contributed by atoms with Crippen LogP contribution in [0.5, 0.6) is 0 Å². The summed E-state index contributed by atoms with van der Waals surface area (Å²) in [6, 6.07) is 6.42. The number of nitrogens with zero attached hydrogens (tertiary/aromatic N) is 2. The molecule has 2 rings (SSSR count). The van der Waals surface area contributed by atoms with Gasteiger partial charge in [-0.15, -0.1) is 0 Å². The Bertz CT molecular complexity index is 725. The summed E-state index contributed by atoms with van der Waals surface area (Å²) in [4.78, 5) is 15.1. The second kappa shape index (κ2) is 5.60. The van der Waals surface area contributed by atoms with Crippen LogP contribution in [0.25, 0.3) is 0 Å². The number of nitrogens with two attached hydrogens (primary N) is 1. The van der Waals surface area contributed by atoms with Crippen molar-refractivity contribution < 1.29 is 13.2 Å². The van der Waals surface area contributed by atoms with E-state index in [0.29, 0.717) is 0 Å². The number of halogens is 3. The van der Waals surface area contributed by atoms with E-state index in [1.54, 1.807) is 0 Å². The first-order chi connectivity index (χ1) is 9.78. The van der Waals surface area contributed by atoms with Gasteiger partial charge in [-0.3, -0.25) is 5.41 Å². The van der Waals surface area contributed by atoms with Gasteiger partial charge in [-0.2, -0.15) is 13.2 Å². The largest absolute Gasteiger partial charge is 0.446 e. The van der Waals surface area contributed by atoms with Gasteiger partial charge in [-0.05, 0) is 30.0 Å². The smallest absolute Gasteiger partial charge is 0.385 e. The Balaban J connectivity index is 2.31. The fourth-order valence-corrected chi connectivity index (χ4v) is 2.13. The zero-order valence-electron chi connectivity index (χ0n) is 10.4. The second-order valence-electron chi connectivity index (χ2n) is 3.91. The molecule has 0 aliphatic heterocycles. The molecule has 0 amide bonds. The van der Waals surface area contributed by atoms with Crippen molar-refractivity contribution in [2.24, 2.45) is 0 Å². The van der Waals surface area contributed by atoms with Crippen LogP contribution < -0.4 is 11.4 Å². The lowest BCUT2D eigenvalue weighted by atomic mass is 10.2. The highest BCUT2D eigenvalue weighted by molar-refractivity contribution is 8.00. The third-order valence-corrected chi connectivity index (χ3v) is 3.20. The molecule has 5 nitrogen and oxygen atoms in total. The third-order valence-electron chi connectivity index (χ3n) is 2.46. The minimum absolute atomic E-state index is 0.00874. The fourth-order valence-electron chi connectivity index (χ4n) is 1.59. The average molecular weight is 314 g/mol. The number of hydrogen-bond donors (Lipinski definition) is 2. The highest BCUT2D eigenvalue weighted by atomic mass is 32.2. The molecule has 0 saturated carbocycles. The first-order valence-electron chi connectivity index (χ1n) is 5.56. The van der Waals surface area contributed by atoms with E-state index in [0.717, 1.165) is 4.57 Å². The molecule has 0 unspecified atom stereocenters. The number of benzene rings is 1. The van der Waals surface area contributed by atoms with E-state index in [1.807, 2.05) is 0 Å². The summed E-state index contributed by atoms with van der Waals surface area (Å²) >= 11 is -0.253. The van der Waals surface area contributed by atoms with Crippen molar-refractivity contribution in [2.75, 3.05) is 5.73 Å². The maximum atomic E-state index is 12.2. The lowest BCUT2D eigenvalue weighted by Gasteiger charge is -2.10. The molecule has 110 valence electrons. The number of nitrogen functional groups attached to an aromatic ring is 1. The van der Waals surface area contributed by atoms with Gasteiger partial charge in [0, 0.05) is 16.7 Å². The van der Waals surface area contributed by atoms with Crippen LogP contribution in [0.3, 0.4) is 0 Å². The molecule has 3 N–H and O–H groups in total. The van der Waals surface area contributed by atoms with E-state index >= 15 is 0 Å². The minimum Gasteiger partial charge on any atom is -0.385 e. The molecular weight excluding hydrogens is 305 g/mol. The van der Waals surface area contributed by atoms with E-state index in [-0.39, 0.29) is 33.9 Å². The monoisotopic (exact) mass is 314 g/mol. The Kier molecular flexibility index (Phi) is 4.03. The zero-order chi connectivity index (χ0) is 15.6. The highest BCUT2D eigenvalue weighted by Gasteiger charge is 2.29. The first kappa shape index (κ1) is 15.1. The van der Waals surface area contributed by atoms with Crippen LogP contribution in [0.15, 0.2) is 46.2 Å². The Hall–Kier alpha value is -2.29.